The normalized spacial score (nSPS) is 10.2. The summed E-state index contributed by atoms with van der Waals surface area (Å²) in [5.74, 6) is 0.266. The fourth-order valence-corrected chi connectivity index (χ4v) is 2.48. The van der Waals surface area contributed by atoms with E-state index >= 15 is 0 Å². The zero-order valence-electron chi connectivity index (χ0n) is 14.4. The van der Waals surface area contributed by atoms with E-state index in [1.165, 1.54) is 9.36 Å². The molecule has 0 bridgehead atoms. The van der Waals surface area contributed by atoms with Crippen LogP contribution in [0.25, 0.3) is 0 Å². The highest BCUT2D eigenvalue weighted by Crippen LogP contribution is 2.08. The van der Waals surface area contributed by atoms with Crippen molar-refractivity contribution in [3.63, 3.8) is 0 Å². The van der Waals surface area contributed by atoms with E-state index in [0.717, 1.165) is 0 Å². The van der Waals surface area contributed by atoms with Crippen molar-refractivity contribution in [3.8, 4) is 0 Å². The zero-order valence-corrected chi connectivity index (χ0v) is 14.4. The molecule has 1 heterocycles. The molecule has 0 atom stereocenters. The maximum Gasteiger partial charge on any atom is 0.393 e. The van der Waals surface area contributed by atoms with Gasteiger partial charge in [-0.25, -0.2) is 4.79 Å². The molecule has 132 valence electrons. The van der Waals surface area contributed by atoms with Gasteiger partial charge in [-0.3, -0.25) is 4.79 Å². The minimum atomic E-state index is -0.480. The van der Waals surface area contributed by atoms with Gasteiger partial charge < -0.3 is 10.6 Å². The van der Waals surface area contributed by atoms with Crippen LogP contribution in [0.1, 0.15) is 16.4 Å². The SMILES string of the molecule is Cc1n[n+](C)c(C(=O)Nc2ccccc2)n1NC(=O)Nc1ccccc1. The van der Waals surface area contributed by atoms with E-state index in [2.05, 4.69) is 21.2 Å². The molecule has 2 aromatic carbocycles. The van der Waals surface area contributed by atoms with E-state index in [9.17, 15) is 9.59 Å². The Morgan fingerprint density at radius 2 is 1.46 bits per heavy atom. The lowest BCUT2D eigenvalue weighted by Gasteiger charge is -2.07. The summed E-state index contributed by atoms with van der Waals surface area (Å²) in [5, 5.41) is 9.70. The molecule has 0 radical (unpaired) electrons. The van der Waals surface area contributed by atoms with Gasteiger partial charge in [0.2, 0.25) is 0 Å². The third-order valence-corrected chi connectivity index (χ3v) is 3.62. The van der Waals surface area contributed by atoms with Crippen LogP contribution in [0.15, 0.2) is 60.7 Å². The van der Waals surface area contributed by atoms with E-state index in [-0.39, 0.29) is 11.7 Å². The first-order chi connectivity index (χ1) is 12.5. The summed E-state index contributed by atoms with van der Waals surface area (Å²) in [6.45, 7) is 1.70. The minimum absolute atomic E-state index is 0.189. The minimum Gasteiger partial charge on any atom is -0.315 e. The molecule has 3 aromatic rings. The number of para-hydroxylation sites is 2. The standard InChI is InChI=1S/C18H18N6O2/c1-13-21-23(2)17(16(25)19-14-9-5-3-6-10-14)24(13)22-18(26)20-15-11-7-4-8-12-15/h3-12H,1-2H3,(H2-,19,20,22,25,26)/p+1. The van der Waals surface area contributed by atoms with E-state index in [0.29, 0.717) is 17.2 Å². The summed E-state index contributed by atoms with van der Waals surface area (Å²) >= 11 is 0. The number of benzene rings is 2. The first kappa shape index (κ1) is 17.2. The van der Waals surface area contributed by atoms with Crippen LogP contribution in [-0.4, -0.2) is 21.7 Å². The van der Waals surface area contributed by atoms with Crippen LogP contribution in [0.3, 0.4) is 0 Å². The van der Waals surface area contributed by atoms with Gasteiger partial charge in [0.1, 0.15) is 7.05 Å². The number of aromatic nitrogens is 3. The molecule has 26 heavy (non-hydrogen) atoms. The molecule has 8 heteroatoms. The largest absolute Gasteiger partial charge is 0.393 e. The monoisotopic (exact) mass is 351 g/mol. The van der Waals surface area contributed by atoms with Gasteiger partial charge in [-0.15, -0.1) is 4.68 Å². The summed E-state index contributed by atoms with van der Waals surface area (Å²) < 4.78 is 2.76. The molecule has 0 unspecified atom stereocenters. The van der Waals surface area contributed by atoms with Gasteiger partial charge in [0.05, 0.1) is 0 Å². The number of nitrogens with one attached hydrogen (secondary N) is 3. The van der Waals surface area contributed by atoms with E-state index in [1.54, 1.807) is 38.2 Å². The molecule has 0 aliphatic heterocycles. The Balaban J connectivity index is 1.79. The number of nitrogens with zero attached hydrogens (tertiary/aromatic N) is 3. The maximum atomic E-state index is 12.6. The first-order valence-electron chi connectivity index (χ1n) is 7.99. The third-order valence-electron chi connectivity index (χ3n) is 3.62. The van der Waals surface area contributed by atoms with Gasteiger partial charge in [-0.1, -0.05) is 41.1 Å². The molecule has 0 spiro atoms. The third kappa shape index (κ3) is 3.86. The van der Waals surface area contributed by atoms with Crippen molar-refractivity contribution in [1.29, 1.82) is 0 Å². The van der Waals surface area contributed by atoms with Crippen molar-refractivity contribution in [1.82, 2.24) is 9.77 Å². The Bertz CT molecular complexity index is 922. The maximum absolute atomic E-state index is 12.6. The molecular weight excluding hydrogens is 332 g/mol. The first-order valence-corrected chi connectivity index (χ1v) is 7.99. The van der Waals surface area contributed by atoms with Crippen LogP contribution in [0.5, 0.6) is 0 Å². The predicted octanol–water partition coefficient (Wildman–Crippen LogP) is 2.04. The summed E-state index contributed by atoms with van der Waals surface area (Å²) in [4.78, 5) is 24.9. The van der Waals surface area contributed by atoms with Crippen molar-refractivity contribution in [3.05, 3.63) is 72.3 Å². The summed E-state index contributed by atoms with van der Waals surface area (Å²) in [7, 11) is 1.64. The topological polar surface area (TPSA) is 91.9 Å². The van der Waals surface area contributed by atoms with Crippen LogP contribution in [0.4, 0.5) is 16.2 Å². The molecule has 3 N–H and O–H groups in total. The lowest BCUT2D eigenvalue weighted by atomic mass is 10.3. The zero-order chi connectivity index (χ0) is 18.5. The number of rotatable bonds is 4. The average Bonchev–Trinajstić information content (AvgIpc) is 2.90. The fourth-order valence-electron chi connectivity index (χ4n) is 2.48. The van der Waals surface area contributed by atoms with E-state index in [4.69, 9.17) is 0 Å². The highest BCUT2D eigenvalue weighted by molar-refractivity contribution is 6.02. The van der Waals surface area contributed by atoms with Gasteiger partial charge in [0.25, 0.3) is 5.82 Å². The number of carbonyl (C=O) groups excluding carboxylic acids is 2. The summed E-state index contributed by atoms with van der Waals surface area (Å²) in [6.07, 6.45) is 0. The summed E-state index contributed by atoms with van der Waals surface area (Å²) in [6, 6.07) is 17.6. The molecule has 3 rings (SSSR count). The lowest BCUT2D eigenvalue weighted by Crippen LogP contribution is -2.42. The molecule has 1 aromatic heterocycles. The lowest BCUT2D eigenvalue weighted by molar-refractivity contribution is -0.730. The van der Waals surface area contributed by atoms with Crippen LogP contribution in [0, 0.1) is 6.92 Å². The average molecular weight is 351 g/mol. The number of urea groups is 1. The second-order valence-electron chi connectivity index (χ2n) is 5.58. The Kier molecular flexibility index (Phi) is 4.93. The van der Waals surface area contributed by atoms with Crippen molar-refractivity contribution in [2.75, 3.05) is 16.1 Å². The number of hydrogen-bond donors (Lipinski definition) is 3. The van der Waals surface area contributed by atoms with E-state index < -0.39 is 6.03 Å². The molecule has 0 fully saturated rings. The molecule has 3 amide bonds. The van der Waals surface area contributed by atoms with Gasteiger partial charge in [-0.2, -0.15) is 5.43 Å². The smallest absolute Gasteiger partial charge is 0.315 e. The number of hydrogen-bond acceptors (Lipinski definition) is 3. The Morgan fingerprint density at radius 3 is 2.04 bits per heavy atom. The molecule has 0 saturated heterocycles. The van der Waals surface area contributed by atoms with Gasteiger partial charge in [-0.05, 0) is 29.4 Å². The number of anilines is 2. The summed E-state index contributed by atoms with van der Waals surface area (Å²) in [5.41, 5.74) is 3.93. The Morgan fingerprint density at radius 1 is 0.923 bits per heavy atom. The predicted molar refractivity (Wildman–Crippen MR) is 97.4 cm³/mol. The van der Waals surface area contributed by atoms with Crippen molar-refractivity contribution in [2.24, 2.45) is 7.05 Å². The van der Waals surface area contributed by atoms with E-state index in [1.807, 2.05) is 36.4 Å². The molecular formula is C18H19N6O2+. The van der Waals surface area contributed by atoms with Crippen LogP contribution in [-0.2, 0) is 7.05 Å². The van der Waals surface area contributed by atoms with Gasteiger partial charge in [0, 0.05) is 18.3 Å². The molecule has 0 aliphatic carbocycles. The van der Waals surface area contributed by atoms with Crippen LogP contribution < -0.4 is 20.7 Å². The van der Waals surface area contributed by atoms with Crippen molar-refractivity contribution < 1.29 is 14.3 Å². The fraction of sp³-hybridized carbons (Fsp3) is 0.111. The second-order valence-corrected chi connectivity index (χ2v) is 5.58. The second kappa shape index (κ2) is 7.47. The van der Waals surface area contributed by atoms with Crippen molar-refractivity contribution in [2.45, 2.75) is 6.92 Å². The molecule has 0 aliphatic rings. The molecule has 0 saturated carbocycles. The Hall–Kier alpha value is -3.68. The number of carbonyl (C=O) groups is 2. The highest BCUT2D eigenvalue weighted by atomic mass is 16.2. The number of amides is 3. The molecule has 8 nitrogen and oxygen atoms in total. The Labute approximate surface area is 150 Å². The quantitative estimate of drug-likeness (QED) is 0.628. The van der Waals surface area contributed by atoms with Crippen LogP contribution >= 0.6 is 0 Å². The van der Waals surface area contributed by atoms with Gasteiger partial charge >= 0.3 is 17.8 Å². The van der Waals surface area contributed by atoms with Crippen molar-refractivity contribution >= 4 is 23.3 Å². The van der Waals surface area contributed by atoms with Gasteiger partial charge in [0.15, 0.2) is 0 Å². The van der Waals surface area contributed by atoms with Crippen LogP contribution in [0.2, 0.25) is 0 Å². The highest BCUT2D eigenvalue weighted by Gasteiger charge is 2.30. The number of aryl methyl sites for hydroxylation is 2.